The second-order valence-electron chi connectivity index (χ2n) is 3.75. The highest BCUT2D eigenvalue weighted by atomic mass is 15.3. The summed E-state index contributed by atoms with van der Waals surface area (Å²) < 4.78 is 1.91. The van der Waals surface area contributed by atoms with Crippen LogP contribution in [-0.2, 0) is 6.54 Å². The van der Waals surface area contributed by atoms with E-state index in [9.17, 15) is 0 Å². The van der Waals surface area contributed by atoms with Crippen LogP contribution in [-0.4, -0.2) is 26.3 Å². The minimum atomic E-state index is 0.813. The molecule has 2 aromatic rings. The zero-order valence-corrected chi connectivity index (χ0v) is 10.2. The van der Waals surface area contributed by atoms with Crippen molar-refractivity contribution < 1.29 is 0 Å². The maximum atomic E-state index is 4.53. The van der Waals surface area contributed by atoms with E-state index in [1.54, 1.807) is 18.6 Å². The molecule has 0 atom stereocenters. The third-order valence-corrected chi connectivity index (χ3v) is 2.47. The van der Waals surface area contributed by atoms with Gasteiger partial charge in [-0.2, -0.15) is 5.10 Å². The van der Waals surface area contributed by atoms with Crippen LogP contribution in [0.15, 0.2) is 24.7 Å². The summed E-state index contributed by atoms with van der Waals surface area (Å²) >= 11 is 0. The molecule has 0 aliphatic carbocycles. The van der Waals surface area contributed by atoms with E-state index >= 15 is 0 Å². The van der Waals surface area contributed by atoms with Crippen LogP contribution in [0, 0.1) is 0 Å². The lowest BCUT2D eigenvalue weighted by atomic mass is 10.3. The molecule has 0 aromatic carbocycles. The molecular weight excluding hydrogens is 214 g/mol. The number of rotatable bonds is 5. The molecule has 5 nitrogen and oxygen atoms in total. The van der Waals surface area contributed by atoms with Gasteiger partial charge in [-0.05, 0) is 19.4 Å². The lowest BCUT2D eigenvalue weighted by molar-refractivity contribution is 0.665. The predicted octanol–water partition coefficient (Wildman–Crippen LogP) is 2.18. The third-order valence-electron chi connectivity index (χ3n) is 2.47. The van der Waals surface area contributed by atoms with Crippen molar-refractivity contribution in [3.63, 3.8) is 0 Å². The van der Waals surface area contributed by atoms with Crippen molar-refractivity contribution in [2.45, 2.75) is 26.8 Å². The Labute approximate surface area is 101 Å². The summed E-state index contributed by atoms with van der Waals surface area (Å²) in [6, 6.07) is 1.96. The summed E-state index contributed by atoms with van der Waals surface area (Å²) in [5, 5.41) is 7.46. The van der Waals surface area contributed by atoms with Crippen molar-refractivity contribution in [2.75, 3.05) is 11.9 Å². The van der Waals surface area contributed by atoms with Crippen LogP contribution < -0.4 is 5.32 Å². The fraction of sp³-hybridized carbons (Fsp3) is 0.417. The van der Waals surface area contributed by atoms with Crippen molar-refractivity contribution in [1.82, 2.24) is 19.7 Å². The molecule has 0 amide bonds. The highest BCUT2D eigenvalue weighted by molar-refractivity contribution is 5.55. The number of aryl methyl sites for hydroxylation is 1. The van der Waals surface area contributed by atoms with E-state index < -0.39 is 0 Å². The molecule has 0 radical (unpaired) electrons. The molecule has 1 N–H and O–H groups in total. The van der Waals surface area contributed by atoms with Crippen molar-refractivity contribution in [2.24, 2.45) is 0 Å². The molecule has 5 heteroatoms. The van der Waals surface area contributed by atoms with E-state index in [1.807, 2.05) is 10.7 Å². The van der Waals surface area contributed by atoms with Gasteiger partial charge in [0.2, 0.25) is 0 Å². The number of hydrogen-bond donors (Lipinski definition) is 1. The van der Waals surface area contributed by atoms with Gasteiger partial charge >= 0.3 is 0 Å². The van der Waals surface area contributed by atoms with Gasteiger partial charge in [-0.3, -0.25) is 9.67 Å². The molecule has 2 heterocycles. The average Bonchev–Trinajstić information content (AvgIpc) is 2.85. The normalized spacial score (nSPS) is 10.5. The molecule has 0 aliphatic heterocycles. The van der Waals surface area contributed by atoms with Crippen molar-refractivity contribution in [3.05, 3.63) is 24.7 Å². The van der Waals surface area contributed by atoms with Crippen LogP contribution in [0.2, 0.25) is 0 Å². The van der Waals surface area contributed by atoms with E-state index in [1.165, 1.54) is 0 Å². The van der Waals surface area contributed by atoms with Crippen molar-refractivity contribution in [3.8, 4) is 11.4 Å². The first kappa shape index (κ1) is 11.6. The van der Waals surface area contributed by atoms with Gasteiger partial charge in [-0.25, -0.2) is 4.98 Å². The Bertz CT molecular complexity index is 477. The topological polar surface area (TPSA) is 55.6 Å². The fourth-order valence-corrected chi connectivity index (χ4v) is 1.63. The quantitative estimate of drug-likeness (QED) is 0.857. The molecule has 0 spiro atoms. The number of aromatic nitrogens is 4. The Morgan fingerprint density at radius 3 is 2.94 bits per heavy atom. The van der Waals surface area contributed by atoms with Crippen LogP contribution in [0.5, 0.6) is 0 Å². The highest BCUT2D eigenvalue weighted by Gasteiger charge is 2.06. The third kappa shape index (κ3) is 2.61. The molecule has 0 aliphatic rings. The van der Waals surface area contributed by atoms with Crippen LogP contribution >= 0.6 is 0 Å². The molecule has 0 unspecified atom stereocenters. The molecule has 2 aromatic heterocycles. The molecular formula is C12H17N5. The van der Waals surface area contributed by atoms with Gasteiger partial charge in [0, 0.05) is 19.3 Å². The summed E-state index contributed by atoms with van der Waals surface area (Å²) in [7, 11) is 0. The second kappa shape index (κ2) is 5.43. The molecule has 17 heavy (non-hydrogen) atoms. The number of nitrogens with one attached hydrogen (secondary N) is 1. The van der Waals surface area contributed by atoms with Gasteiger partial charge in [0.05, 0.1) is 18.1 Å². The minimum absolute atomic E-state index is 0.813. The second-order valence-corrected chi connectivity index (χ2v) is 3.75. The maximum absolute atomic E-state index is 4.53. The summed E-state index contributed by atoms with van der Waals surface area (Å²) in [4.78, 5) is 8.73. The van der Waals surface area contributed by atoms with Gasteiger partial charge in [-0.1, -0.05) is 6.92 Å². The smallest absolute Gasteiger partial charge is 0.145 e. The Hall–Kier alpha value is -1.91. The first-order valence-electron chi connectivity index (χ1n) is 5.93. The van der Waals surface area contributed by atoms with Gasteiger partial charge in [-0.15, -0.1) is 0 Å². The first-order chi connectivity index (χ1) is 8.35. The maximum Gasteiger partial charge on any atom is 0.145 e. The summed E-state index contributed by atoms with van der Waals surface area (Å²) in [5.74, 6) is 0.813. The van der Waals surface area contributed by atoms with Crippen LogP contribution in [0.1, 0.15) is 20.3 Å². The van der Waals surface area contributed by atoms with Crippen LogP contribution in [0.25, 0.3) is 11.4 Å². The Morgan fingerprint density at radius 2 is 2.18 bits per heavy atom. The monoisotopic (exact) mass is 231 g/mol. The molecule has 2 rings (SSSR count). The van der Waals surface area contributed by atoms with E-state index in [-0.39, 0.29) is 0 Å². The van der Waals surface area contributed by atoms with E-state index in [0.29, 0.717) is 0 Å². The first-order valence-corrected chi connectivity index (χ1v) is 5.93. The molecule has 90 valence electrons. The largest absolute Gasteiger partial charge is 0.369 e. The van der Waals surface area contributed by atoms with Gasteiger partial charge < -0.3 is 5.32 Å². The summed E-state index contributed by atoms with van der Waals surface area (Å²) in [5.41, 5.74) is 1.85. The lowest BCUT2D eigenvalue weighted by Gasteiger charge is -2.07. The predicted molar refractivity (Wildman–Crippen MR) is 67.7 cm³/mol. The van der Waals surface area contributed by atoms with Crippen molar-refractivity contribution in [1.29, 1.82) is 0 Å². The Kier molecular flexibility index (Phi) is 3.69. The van der Waals surface area contributed by atoms with Crippen LogP contribution in [0.3, 0.4) is 0 Å². The number of anilines is 1. The minimum Gasteiger partial charge on any atom is -0.369 e. The highest BCUT2D eigenvalue weighted by Crippen LogP contribution is 2.16. The van der Waals surface area contributed by atoms with E-state index in [4.69, 9.17) is 0 Å². The van der Waals surface area contributed by atoms with Gasteiger partial charge in [0.25, 0.3) is 0 Å². The average molecular weight is 231 g/mol. The Balaban J connectivity index is 2.26. The Morgan fingerprint density at radius 1 is 1.29 bits per heavy atom. The zero-order chi connectivity index (χ0) is 12.1. The van der Waals surface area contributed by atoms with E-state index in [0.717, 1.165) is 36.7 Å². The molecule has 0 saturated carbocycles. The zero-order valence-electron chi connectivity index (χ0n) is 10.2. The van der Waals surface area contributed by atoms with Gasteiger partial charge in [0.1, 0.15) is 11.5 Å². The van der Waals surface area contributed by atoms with Crippen LogP contribution in [0.4, 0.5) is 5.82 Å². The number of hydrogen-bond acceptors (Lipinski definition) is 4. The SMILES string of the molecule is CCCNc1cncc(-c2ccnn2CC)n1. The lowest BCUT2D eigenvalue weighted by Crippen LogP contribution is -2.05. The molecule has 0 bridgehead atoms. The summed E-state index contributed by atoms with van der Waals surface area (Å²) in [6.45, 7) is 5.92. The molecule has 0 saturated heterocycles. The number of nitrogens with zero attached hydrogens (tertiary/aromatic N) is 4. The fourth-order valence-electron chi connectivity index (χ4n) is 1.63. The summed E-state index contributed by atoms with van der Waals surface area (Å²) in [6.07, 6.45) is 6.36. The standard InChI is InChI=1S/C12H17N5/c1-3-6-14-12-9-13-8-10(16-12)11-5-7-15-17(11)4-2/h5,7-9H,3-4,6H2,1-2H3,(H,14,16). The molecule has 0 fully saturated rings. The van der Waals surface area contributed by atoms with Crippen molar-refractivity contribution >= 4 is 5.82 Å². The van der Waals surface area contributed by atoms with E-state index in [2.05, 4.69) is 34.2 Å². The van der Waals surface area contributed by atoms with Gasteiger partial charge in [0.15, 0.2) is 0 Å².